The first-order valence-electron chi connectivity index (χ1n) is 20.3. The van der Waals surface area contributed by atoms with Gasteiger partial charge in [-0.2, -0.15) is 0 Å². The highest BCUT2D eigenvalue weighted by Crippen LogP contribution is 2.57. The lowest BCUT2D eigenvalue weighted by molar-refractivity contribution is 0.581. The summed E-state index contributed by atoms with van der Waals surface area (Å²) in [5, 5.41) is 2.73. The van der Waals surface area contributed by atoms with E-state index in [9.17, 15) is 0 Å². The van der Waals surface area contributed by atoms with Gasteiger partial charge in [0, 0.05) is 32.7 Å². The second kappa shape index (κ2) is 10.6. The van der Waals surface area contributed by atoms with Crippen LogP contribution in [0.25, 0.3) is 38.6 Å². The van der Waals surface area contributed by atoms with E-state index in [-0.39, 0.29) is 27.1 Å². The lowest BCUT2D eigenvalue weighted by Gasteiger charge is -2.42. The van der Waals surface area contributed by atoms with Crippen LogP contribution in [0.2, 0.25) is 0 Å². The fraction of sp³-hybridized carbons (Fsp3) is 0.321. The SMILES string of the molecule is CC(C)(C)c1ccc2c(c1)c1cc(C(C)(C)C)cc3c1n2-c1cc2c(cc1C3(C)C)-c1ccc(N3c4ccccc4C(C)(C)c4ccccc43)cc1C2(C)C. The molecule has 7 aromatic rings. The molecule has 0 saturated carbocycles. The van der Waals surface area contributed by atoms with E-state index in [0.29, 0.717) is 0 Å². The average molecular weight is 719 g/mol. The second-order valence-corrected chi connectivity index (χ2v) is 20.4. The van der Waals surface area contributed by atoms with Gasteiger partial charge in [0.1, 0.15) is 0 Å². The van der Waals surface area contributed by atoms with Crippen molar-refractivity contribution in [3.05, 3.63) is 154 Å². The van der Waals surface area contributed by atoms with Crippen molar-refractivity contribution in [2.45, 2.75) is 110 Å². The van der Waals surface area contributed by atoms with Gasteiger partial charge in [-0.15, -0.1) is 0 Å². The maximum Gasteiger partial charge on any atom is 0.0582 e. The molecule has 2 heteroatoms. The van der Waals surface area contributed by atoms with Crippen LogP contribution in [-0.2, 0) is 27.1 Å². The summed E-state index contributed by atoms with van der Waals surface area (Å²) in [4.78, 5) is 2.50. The minimum absolute atomic E-state index is 0.0286. The normalized spacial score (nSPS) is 17.1. The molecule has 55 heavy (non-hydrogen) atoms. The molecule has 10 rings (SSSR count). The zero-order valence-electron chi connectivity index (χ0n) is 34.8. The molecule has 6 aromatic carbocycles. The van der Waals surface area contributed by atoms with E-state index in [1.54, 1.807) is 0 Å². The number of fused-ring (bicyclic) bond motifs is 10. The highest BCUT2D eigenvalue weighted by molar-refractivity contribution is 6.12. The zero-order valence-corrected chi connectivity index (χ0v) is 34.8. The van der Waals surface area contributed by atoms with Crippen LogP contribution in [0, 0.1) is 0 Å². The molecule has 0 bridgehead atoms. The Balaban J connectivity index is 1.21. The van der Waals surface area contributed by atoms with Gasteiger partial charge >= 0.3 is 0 Å². The minimum Gasteiger partial charge on any atom is -0.310 e. The van der Waals surface area contributed by atoms with E-state index in [1.165, 1.54) is 100 Å². The lowest BCUT2D eigenvalue weighted by atomic mass is 9.71. The van der Waals surface area contributed by atoms with Gasteiger partial charge in [0.25, 0.3) is 0 Å². The summed E-state index contributed by atoms with van der Waals surface area (Å²) < 4.78 is 2.62. The molecule has 0 atom stereocenters. The number of rotatable bonds is 1. The summed E-state index contributed by atoms with van der Waals surface area (Å²) in [6.07, 6.45) is 0. The Morgan fingerprint density at radius 2 is 0.982 bits per heavy atom. The number of para-hydroxylation sites is 2. The van der Waals surface area contributed by atoms with Crippen LogP contribution >= 0.6 is 0 Å². The Bertz CT molecular complexity index is 2750. The summed E-state index contributed by atoms with van der Waals surface area (Å²) in [6.45, 7) is 28.6. The number of hydrogen-bond donors (Lipinski definition) is 0. The van der Waals surface area contributed by atoms with Crippen LogP contribution in [0.3, 0.4) is 0 Å². The van der Waals surface area contributed by atoms with E-state index in [0.717, 1.165) is 0 Å². The molecule has 0 radical (unpaired) electrons. The molecule has 0 amide bonds. The van der Waals surface area contributed by atoms with E-state index in [4.69, 9.17) is 0 Å². The average Bonchev–Trinajstić information content (AvgIpc) is 3.57. The molecule has 0 fully saturated rings. The van der Waals surface area contributed by atoms with Crippen molar-refractivity contribution in [2.24, 2.45) is 0 Å². The van der Waals surface area contributed by atoms with Crippen LogP contribution in [-0.4, -0.2) is 4.57 Å². The Morgan fingerprint density at radius 1 is 0.418 bits per heavy atom. The molecule has 1 aromatic heterocycles. The van der Waals surface area contributed by atoms with E-state index in [2.05, 4.69) is 202 Å². The van der Waals surface area contributed by atoms with Gasteiger partial charge in [-0.3, -0.25) is 0 Å². The molecule has 276 valence electrons. The lowest BCUT2D eigenvalue weighted by Crippen LogP contribution is -2.30. The van der Waals surface area contributed by atoms with E-state index >= 15 is 0 Å². The topological polar surface area (TPSA) is 8.17 Å². The number of nitrogens with zero attached hydrogens (tertiary/aromatic N) is 2. The zero-order chi connectivity index (χ0) is 38.8. The van der Waals surface area contributed by atoms with E-state index in [1.807, 2.05) is 0 Å². The first kappa shape index (κ1) is 34.4. The van der Waals surface area contributed by atoms with Crippen molar-refractivity contribution in [3.8, 4) is 16.8 Å². The van der Waals surface area contributed by atoms with Crippen molar-refractivity contribution in [2.75, 3.05) is 4.90 Å². The number of aromatic nitrogens is 1. The van der Waals surface area contributed by atoms with Gasteiger partial charge in [-0.1, -0.05) is 138 Å². The summed E-state index contributed by atoms with van der Waals surface area (Å²) in [6, 6.07) is 42.6. The molecule has 0 unspecified atom stereocenters. The maximum atomic E-state index is 2.62. The fourth-order valence-electron chi connectivity index (χ4n) is 10.4. The maximum absolute atomic E-state index is 2.62. The summed E-state index contributed by atoms with van der Waals surface area (Å²) in [5.41, 5.74) is 21.2. The highest BCUT2D eigenvalue weighted by Gasteiger charge is 2.43. The quantitative estimate of drug-likeness (QED) is 0.164. The smallest absolute Gasteiger partial charge is 0.0582 e. The van der Waals surface area contributed by atoms with Gasteiger partial charge in [0.15, 0.2) is 0 Å². The molecule has 0 spiro atoms. The molecule has 1 aliphatic carbocycles. The minimum atomic E-state index is -0.192. The van der Waals surface area contributed by atoms with Crippen molar-refractivity contribution in [1.29, 1.82) is 0 Å². The monoisotopic (exact) mass is 718 g/mol. The van der Waals surface area contributed by atoms with Crippen molar-refractivity contribution < 1.29 is 0 Å². The highest BCUT2D eigenvalue weighted by atomic mass is 15.2. The predicted octanol–water partition coefficient (Wildman–Crippen LogP) is 14.4. The third-order valence-electron chi connectivity index (χ3n) is 13.9. The number of anilines is 3. The van der Waals surface area contributed by atoms with Crippen LogP contribution in [0.15, 0.2) is 109 Å². The molecule has 2 aliphatic heterocycles. The number of hydrogen-bond acceptors (Lipinski definition) is 1. The van der Waals surface area contributed by atoms with Gasteiger partial charge in [-0.05, 0) is 121 Å². The Hall–Kier alpha value is -5.08. The van der Waals surface area contributed by atoms with Crippen molar-refractivity contribution in [3.63, 3.8) is 0 Å². The molecular weight excluding hydrogens is 665 g/mol. The van der Waals surface area contributed by atoms with Gasteiger partial charge in [0.05, 0.1) is 28.1 Å². The van der Waals surface area contributed by atoms with Crippen LogP contribution in [0.4, 0.5) is 17.1 Å². The third kappa shape index (κ3) is 4.49. The fourth-order valence-corrected chi connectivity index (χ4v) is 10.4. The Kier molecular flexibility index (Phi) is 6.64. The molecule has 0 N–H and O–H groups in total. The first-order chi connectivity index (χ1) is 25.8. The molecular formula is C53H54N2. The van der Waals surface area contributed by atoms with Gasteiger partial charge < -0.3 is 9.47 Å². The van der Waals surface area contributed by atoms with Crippen LogP contribution in [0.1, 0.15) is 128 Å². The third-order valence-corrected chi connectivity index (χ3v) is 13.9. The Morgan fingerprint density at radius 3 is 1.62 bits per heavy atom. The van der Waals surface area contributed by atoms with Crippen LogP contribution in [0.5, 0.6) is 0 Å². The van der Waals surface area contributed by atoms with E-state index < -0.39 is 0 Å². The van der Waals surface area contributed by atoms with Crippen molar-refractivity contribution >= 4 is 38.9 Å². The summed E-state index contributed by atoms with van der Waals surface area (Å²) >= 11 is 0. The van der Waals surface area contributed by atoms with Crippen molar-refractivity contribution in [1.82, 2.24) is 4.57 Å². The number of benzene rings is 6. The van der Waals surface area contributed by atoms with Gasteiger partial charge in [-0.25, -0.2) is 0 Å². The first-order valence-corrected chi connectivity index (χ1v) is 20.3. The molecule has 2 nitrogen and oxygen atoms in total. The largest absolute Gasteiger partial charge is 0.310 e. The Labute approximate surface area is 327 Å². The summed E-state index contributed by atoms with van der Waals surface area (Å²) in [7, 11) is 0. The molecule has 3 aliphatic rings. The van der Waals surface area contributed by atoms with Gasteiger partial charge in [0.2, 0.25) is 0 Å². The predicted molar refractivity (Wildman–Crippen MR) is 235 cm³/mol. The molecule has 3 heterocycles. The second-order valence-electron chi connectivity index (χ2n) is 20.4. The standard InChI is InChI=1S/C53H54N2/c1-49(2,3)31-21-24-44-36(25-31)37-26-32(50(4,5)6)27-43-48(37)55(44)47-30-41-35(29-42(47)53(43,11)12)34-23-22-33(28-40(34)52(41,9)10)54-45-19-15-13-17-38(45)51(7,8)39-18-14-16-20-46(39)54/h13-30H,1-12H3. The summed E-state index contributed by atoms with van der Waals surface area (Å²) in [5.74, 6) is 0. The molecule has 0 saturated heterocycles. The van der Waals surface area contributed by atoms with Crippen LogP contribution < -0.4 is 4.90 Å².